The zero-order valence-electron chi connectivity index (χ0n) is 27.8. The van der Waals surface area contributed by atoms with E-state index in [2.05, 4.69) is 0 Å². The van der Waals surface area contributed by atoms with Crippen LogP contribution in [0.1, 0.15) is 82.6 Å². The number of carboxylic acid groups (broad SMARTS) is 2. The third-order valence-electron chi connectivity index (χ3n) is 8.75. The number of hydrogen-bond acceptors (Lipinski definition) is 7. The summed E-state index contributed by atoms with van der Waals surface area (Å²) in [6, 6.07) is 33.0. The highest BCUT2D eigenvalue weighted by atomic mass is 32.2. The number of fused-ring (bicyclic) bond motifs is 1. The summed E-state index contributed by atoms with van der Waals surface area (Å²) in [5.41, 5.74) is 0.364. The lowest BCUT2D eigenvalue weighted by molar-refractivity contribution is 0.0613. The summed E-state index contributed by atoms with van der Waals surface area (Å²) in [4.78, 5) is 54.7. The molecule has 0 aromatic heterocycles. The SMILES string of the molecule is O=C(O)c1cc(C(=O)O)c(C(=O)N(Cc2cccc(Oc3ccccc3)c2)[C@H]2CCCc3ccccc32)cc1C(=O)NS(=O)(=O)Cc1ccccc1. The van der Waals surface area contributed by atoms with Gasteiger partial charge in [0.25, 0.3) is 11.8 Å². The first kappa shape index (κ1) is 35.6. The molecular formula is C40H34N2O9S. The van der Waals surface area contributed by atoms with Crippen LogP contribution in [0.3, 0.4) is 0 Å². The van der Waals surface area contributed by atoms with Crippen molar-refractivity contribution in [2.75, 3.05) is 0 Å². The van der Waals surface area contributed by atoms with E-state index in [0.29, 0.717) is 29.0 Å². The van der Waals surface area contributed by atoms with Crippen LogP contribution in [0.4, 0.5) is 0 Å². The molecule has 0 bridgehead atoms. The first-order valence-electron chi connectivity index (χ1n) is 16.4. The molecule has 0 unspecified atom stereocenters. The van der Waals surface area contributed by atoms with E-state index in [4.69, 9.17) is 4.74 Å². The fourth-order valence-corrected chi connectivity index (χ4v) is 7.50. The van der Waals surface area contributed by atoms with Gasteiger partial charge in [-0.3, -0.25) is 9.59 Å². The van der Waals surface area contributed by atoms with Gasteiger partial charge in [-0.2, -0.15) is 0 Å². The van der Waals surface area contributed by atoms with Crippen LogP contribution in [0.15, 0.2) is 121 Å². The lowest BCUT2D eigenvalue weighted by atomic mass is 9.86. The number of rotatable bonds is 12. The highest BCUT2D eigenvalue weighted by Gasteiger charge is 2.34. The van der Waals surface area contributed by atoms with E-state index in [0.717, 1.165) is 36.1 Å². The van der Waals surface area contributed by atoms with Crippen molar-refractivity contribution in [1.82, 2.24) is 9.62 Å². The third kappa shape index (κ3) is 8.19. The zero-order valence-corrected chi connectivity index (χ0v) is 28.6. The Labute approximate surface area is 300 Å². The van der Waals surface area contributed by atoms with Gasteiger partial charge < -0.3 is 19.8 Å². The van der Waals surface area contributed by atoms with Gasteiger partial charge in [0.05, 0.1) is 34.0 Å². The van der Waals surface area contributed by atoms with Gasteiger partial charge in [-0.05, 0) is 77.9 Å². The van der Waals surface area contributed by atoms with Crippen LogP contribution in [0.25, 0.3) is 0 Å². The van der Waals surface area contributed by atoms with Gasteiger partial charge >= 0.3 is 11.9 Å². The molecule has 2 amide bonds. The standard InChI is InChI=1S/C40H34N2O9S/c43-37(41-52(49,50)25-26-11-3-1-4-12-26)32-22-33(35(40(47)48)23-34(32)39(45)46)38(44)42(36-20-10-15-28-14-7-8-19-31(28)36)24-27-13-9-18-30(21-27)51-29-16-5-2-6-17-29/h1-9,11-14,16-19,21-23,36H,10,15,20,24-25H2,(H,41,43)(H,45,46)(H,47,48)/t36-/m0/s1. The number of carbonyl (C=O) groups excluding carboxylic acids is 2. The predicted molar refractivity (Wildman–Crippen MR) is 192 cm³/mol. The quantitative estimate of drug-likeness (QED) is 0.125. The Morgan fingerprint density at radius 3 is 2.00 bits per heavy atom. The predicted octanol–water partition coefficient (Wildman–Crippen LogP) is 6.86. The van der Waals surface area contributed by atoms with Crippen molar-refractivity contribution in [1.29, 1.82) is 0 Å². The second kappa shape index (κ2) is 15.3. The Morgan fingerprint density at radius 1 is 0.692 bits per heavy atom. The minimum Gasteiger partial charge on any atom is -0.478 e. The molecule has 5 aromatic carbocycles. The van der Waals surface area contributed by atoms with Gasteiger partial charge in [-0.25, -0.2) is 22.7 Å². The molecular weight excluding hydrogens is 685 g/mol. The number of ether oxygens (including phenoxy) is 1. The lowest BCUT2D eigenvalue weighted by Crippen LogP contribution is -2.38. The van der Waals surface area contributed by atoms with Gasteiger partial charge in [-0.15, -0.1) is 0 Å². The molecule has 1 atom stereocenters. The van der Waals surface area contributed by atoms with Gasteiger partial charge in [0, 0.05) is 6.54 Å². The van der Waals surface area contributed by atoms with Crippen LogP contribution >= 0.6 is 0 Å². The van der Waals surface area contributed by atoms with Gasteiger partial charge in [0.1, 0.15) is 11.5 Å². The topological polar surface area (TPSA) is 167 Å². The number of para-hydroxylation sites is 1. The van der Waals surface area contributed by atoms with E-state index >= 15 is 0 Å². The number of nitrogens with zero attached hydrogens (tertiary/aromatic N) is 1. The fraction of sp³-hybridized carbons (Fsp3) is 0.150. The maximum atomic E-state index is 14.8. The van der Waals surface area contributed by atoms with Crippen LogP contribution in [0.2, 0.25) is 0 Å². The van der Waals surface area contributed by atoms with Crippen molar-refractivity contribution < 1.29 is 42.5 Å². The molecule has 0 aliphatic heterocycles. The number of sulfonamides is 1. The van der Waals surface area contributed by atoms with E-state index < -0.39 is 67.8 Å². The van der Waals surface area contributed by atoms with Crippen molar-refractivity contribution >= 4 is 33.8 Å². The minimum atomic E-state index is -4.33. The monoisotopic (exact) mass is 718 g/mol. The van der Waals surface area contributed by atoms with E-state index in [1.54, 1.807) is 66.7 Å². The molecule has 264 valence electrons. The Bertz CT molecular complexity index is 2260. The van der Waals surface area contributed by atoms with Crippen LogP contribution in [0, 0.1) is 0 Å². The highest BCUT2D eigenvalue weighted by molar-refractivity contribution is 7.89. The number of aryl methyl sites for hydroxylation is 1. The van der Waals surface area contributed by atoms with E-state index in [-0.39, 0.29) is 6.54 Å². The maximum Gasteiger partial charge on any atom is 0.336 e. The second-order valence-electron chi connectivity index (χ2n) is 12.3. The van der Waals surface area contributed by atoms with Crippen molar-refractivity contribution in [3.63, 3.8) is 0 Å². The van der Waals surface area contributed by atoms with Crippen LogP contribution < -0.4 is 9.46 Å². The summed E-state index contributed by atoms with van der Waals surface area (Å²) in [5.74, 6) is -4.85. The summed E-state index contributed by atoms with van der Waals surface area (Å²) in [6.07, 6.45) is 2.06. The number of amides is 2. The molecule has 11 nitrogen and oxygen atoms in total. The van der Waals surface area contributed by atoms with Gasteiger partial charge in [0.15, 0.2) is 0 Å². The minimum absolute atomic E-state index is 0.00342. The first-order valence-corrected chi connectivity index (χ1v) is 18.1. The molecule has 1 aliphatic carbocycles. The molecule has 1 aliphatic rings. The third-order valence-corrected chi connectivity index (χ3v) is 9.96. The number of carbonyl (C=O) groups is 4. The molecule has 12 heteroatoms. The number of nitrogens with one attached hydrogen (secondary N) is 1. The van der Waals surface area contributed by atoms with Crippen molar-refractivity contribution in [2.24, 2.45) is 0 Å². The number of aromatic carboxylic acids is 2. The zero-order chi connectivity index (χ0) is 36.8. The average molecular weight is 719 g/mol. The molecule has 5 aromatic rings. The smallest absolute Gasteiger partial charge is 0.336 e. The van der Waals surface area contributed by atoms with Gasteiger partial charge in [-0.1, -0.05) is 84.9 Å². The molecule has 3 N–H and O–H groups in total. The first-order chi connectivity index (χ1) is 25.0. The summed E-state index contributed by atoms with van der Waals surface area (Å²) in [6.45, 7) is -0.00342. The molecule has 0 saturated carbocycles. The summed E-state index contributed by atoms with van der Waals surface area (Å²) in [5, 5.41) is 20.2. The molecule has 0 fully saturated rings. The highest BCUT2D eigenvalue weighted by Crippen LogP contribution is 2.37. The molecule has 0 spiro atoms. The summed E-state index contributed by atoms with van der Waals surface area (Å²) >= 11 is 0. The number of carboxylic acids is 2. The van der Waals surface area contributed by atoms with E-state index in [1.165, 1.54) is 4.90 Å². The Kier molecular flexibility index (Phi) is 10.5. The van der Waals surface area contributed by atoms with Crippen molar-refractivity contribution in [3.8, 4) is 11.5 Å². The Morgan fingerprint density at radius 2 is 1.29 bits per heavy atom. The summed E-state index contributed by atoms with van der Waals surface area (Å²) in [7, 11) is -4.33. The molecule has 0 heterocycles. The van der Waals surface area contributed by atoms with E-state index in [9.17, 15) is 37.8 Å². The Hall–Kier alpha value is -6.27. The van der Waals surface area contributed by atoms with Crippen molar-refractivity contribution in [2.45, 2.75) is 37.6 Å². The normalized spacial score (nSPS) is 13.7. The second-order valence-corrected chi connectivity index (χ2v) is 14.1. The fourth-order valence-electron chi connectivity index (χ4n) is 6.40. The van der Waals surface area contributed by atoms with Crippen LogP contribution in [0.5, 0.6) is 11.5 Å². The molecule has 0 radical (unpaired) electrons. The average Bonchev–Trinajstić information content (AvgIpc) is 3.13. The number of benzene rings is 5. The summed E-state index contributed by atoms with van der Waals surface area (Å²) < 4.78 is 33.9. The number of hydrogen-bond donors (Lipinski definition) is 3. The van der Waals surface area contributed by atoms with Gasteiger partial charge in [0.2, 0.25) is 10.0 Å². The van der Waals surface area contributed by atoms with Crippen LogP contribution in [-0.4, -0.2) is 47.3 Å². The molecule has 6 rings (SSSR count). The van der Waals surface area contributed by atoms with Crippen LogP contribution in [-0.2, 0) is 28.7 Å². The molecule has 0 saturated heterocycles. The van der Waals surface area contributed by atoms with E-state index in [1.807, 2.05) is 47.2 Å². The largest absolute Gasteiger partial charge is 0.478 e. The molecule has 52 heavy (non-hydrogen) atoms. The van der Waals surface area contributed by atoms with Crippen molar-refractivity contribution in [3.05, 3.63) is 166 Å². The Balaban J connectivity index is 1.42. The maximum absolute atomic E-state index is 14.8. The lowest BCUT2D eigenvalue weighted by Gasteiger charge is -2.36.